The second-order valence-electron chi connectivity index (χ2n) is 5.34. The van der Waals surface area contributed by atoms with Crippen LogP contribution in [0.5, 0.6) is 11.6 Å². The largest absolute Gasteiger partial charge is 0.466 e. The van der Waals surface area contributed by atoms with Crippen molar-refractivity contribution in [3.05, 3.63) is 48.7 Å². The van der Waals surface area contributed by atoms with Gasteiger partial charge in [0, 0.05) is 18.3 Å². The van der Waals surface area contributed by atoms with Crippen molar-refractivity contribution in [1.29, 1.82) is 0 Å². The van der Waals surface area contributed by atoms with Gasteiger partial charge in [-0.2, -0.15) is 13.2 Å². The summed E-state index contributed by atoms with van der Waals surface area (Å²) in [6, 6.07) is 6.29. The summed E-state index contributed by atoms with van der Waals surface area (Å²) < 4.78 is 60.3. The minimum absolute atomic E-state index is 0.410. The lowest BCUT2D eigenvalue weighted by Gasteiger charge is -2.15. The summed E-state index contributed by atoms with van der Waals surface area (Å²) in [7, 11) is 0. The zero-order valence-corrected chi connectivity index (χ0v) is 13.2. The van der Waals surface area contributed by atoms with Crippen molar-refractivity contribution in [2.45, 2.75) is 13.1 Å². The van der Waals surface area contributed by atoms with Gasteiger partial charge in [-0.1, -0.05) is 6.07 Å². The van der Waals surface area contributed by atoms with E-state index in [9.17, 15) is 17.6 Å². The van der Waals surface area contributed by atoms with Gasteiger partial charge in [0.2, 0.25) is 0 Å². The van der Waals surface area contributed by atoms with Gasteiger partial charge >= 0.3 is 6.18 Å². The molecule has 0 spiro atoms. The van der Waals surface area contributed by atoms with Crippen LogP contribution in [-0.4, -0.2) is 24.3 Å². The van der Waals surface area contributed by atoms with E-state index < -0.39 is 24.5 Å². The van der Waals surface area contributed by atoms with Gasteiger partial charge in [0.1, 0.15) is 0 Å². The molecule has 8 heteroatoms. The first-order valence-corrected chi connectivity index (χ1v) is 7.42. The van der Waals surface area contributed by atoms with E-state index in [0.29, 0.717) is 29.3 Å². The number of aromatic nitrogens is 1. The molecule has 0 fully saturated rings. The summed E-state index contributed by atoms with van der Waals surface area (Å²) in [5.41, 5.74) is 1.83. The fraction of sp³-hybridized carbons (Fsp3) is 0.235. The zero-order valence-electron chi connectivity index (χ0n) is 13.2. The molecule has 0 radical (unpaired) electrons. The molecule has 2 heterocycles. The molecule has 0 saturated heterocycles. The molecule has 0 aliphatic carbocycles. The van der Waals surface area contributed by atoms with Crippen LogP contribution in [0.1, 0.15) is 6.92 Å². The lowest BCUT2D eigenvalue weighted by atomic mass is 10.1. The fourth-order valence-electron chi connectivity index (χ4n) is 2.50. The molecule has 1 aliphatic heterocycles. The van der Waals surface area contributed by atoms with E-state index in [0.717, 1.165) is 11.8 Å². The molecule has 3 rings (SSSR count). The van der Waals surface area contributed by atoms with Crippen molar-refractivity contribution in [2.24, 2.45) is 0 Å². The number of halogens is 4. The maximum absolute atomic E-state index is 14.0. The van der Waals surface area contributed by atoms with Gasteiger partial charge in [0.15, 0.2) is 24.1 Å². The molecule has 0 amide bonds. The first kappa shape index (κ1) is 17.1. The number of hydrogen-bond acceptors (Lipinski definition) is 4. The molecule has 2 aromatic rings. The van der Waals surface area contributed by atoms with E-state index in [4.69, 9.17) is 4.74 Å². The molecule has 0 unspecified atom stereocenters. The van der Waals surface area contributed by atoms with Crippen molar-refractivity contribution in [1.82, 2.24) is 4.98 Å². The molecule has 0 bridgehead atoms. The number of nitrogens with zero attached hydrogens (tertiary/aromatic N) is 2. The Labute approximate surface area is 141 Å². The summed E-state index contributed by atoms with van der Waals surface area (Å²) >= 11 is 0. The number of rotatable bonds is 4. The minimum Gasteiger partial charge on any atom is -0.466 e. The van der Waals surface area contributed by atoms with Crippen LogP contribution in [0.3, 0.4) is 0 Å². The van der Waals surface area contributed by atoms with E-state index in [1.807, 2.05) is 11.8 Å². The topological polar surface area (TPSA) is 34.6 Å². The number of benzene rings is 1. The first-order chi connectivity index (χ1) is 11.8. The quantitative estimate of drug-likeness (QED) is 0.756. The van der Waals surface area contributed by atoms with Crippen LogP contribution in [0.2, 0.25) is 0 Å². The first-order valence-electron chi connectivity index (χ1n) is 7.42. The van der Waals surface area contributed by atoms with Crippen molar-refractivity contribution in [2.75, 3.05) is 18.1 Å². The van der Waals surface area contributed by atoms with Crippen LogP contribution in [0.25, 0.3) is 11.1 Å². The highest BCUT2D eigenvalue weighted by Gasteiger charge is 2.29. The number of ether oxygens (including phenoxy) is 2. The van der Waals surface area contributed by atoms with Gasteiger partial charge in [0.25, 0.3) is 5.88 Å². The molecule has 0 N–H and O–H groups in total. The Bertz CT molecular complexity index is 821. The van der Waals surface area contributed by atoms with Crippen molar-refractivity contribution >= 4 is 5.69 Å². The number of pyridine rings is 1. The Morgan fingerprint density at radius 3 is 2.64 bits per heavy atom. The Balaban J connectivity index is 1.87. The molecule has 25 heavy (non-hydrogen) atoms. The van der Waals surface area contributed by atoms with Gasteiger partial charge in [-0.05, 0) is 37.3 Å². The lowest BCUT2D eigenvalue weighted by Crippen LogP contribution is -2.20. The fourth-order valence-corrected chi connectivity index (χ4v) is 2.50. The van der Waals surface area contributed by atoms with Crippen LogP contribution < -0.4 is 14.4 Å². The van der Waals surface area contributed by atoms with E-state index in [2.05, 4.69) is 16.3 Å². The third-order valence-corrected chi connectivity index (χ3v) is 3.61. The van der Waals surface area contributed by atoms with E-state index in [1.54, 1.807) is 18.2 Å². The van der Waals surface area contributed by atoms with Gasteiger partial charge in [0.05, 0.1) is 5.69 Å². The standard InChI is InChI=1S/C17H14F4N2O2/c1-3-23-10(2)25-15-5-4-11(7-14(15)23)12-6-13(18)16(22-8-12)24-9-17(19,20)21/h4-8H,2-3,9H2,1H3. The average molecular weight is 354 g/mol. The number of alkyl halides is 3. The summed E-state index contributed by atoms with van der Waals surface area (Å²) in [5.74, 6) is -0.520. The number of anilines is 1. The molecule has 1 aliphatic rings. The lowest BCUT2D eigenvalue weighted by molar-refractivity contribution is -0.154. The highest BCUT2D eigenvalue weighted by molar-refractivity contribution is 5.75. The van der Waals surface area contributed by atoms with E-state index >= 15 is 0 Å². The predicted octanol–water partition coefficient (Wildman–Crippen LogP) is 4.52. The van der Waals surface area contributed by atoms with Gasteiger partial charge in [-0.15, -0.1) is 0 Å². The van der Waals surface area contributed by atoms with Crippen LogP contribution in [-0.2, 0) is 0 Å². The molecule has 1 aromatic carbocycles. The highest BCUT2D eigenvalue weighted by Crippen LogP contribution is 2.41. The van der Waals surface area contributed by atoms with Gasteiger partial charge < -0.3 is 14.4 Å². The molecular weight excluding hydrogens is 340 g/mol. The van der Waals surface area contributed by atoms with Crippen molar-refractivity contribution in [3.8, 4) is 22.8 Å². The third-order valence-electron chi connectivity index (χ3n) is 3.61. The summed E-state index contributed by atoms with van der Waals surface area (Å²) in [6.07, 6.45) is -3.30. The maximum atomic E-state index is 14.0. The number of fused-ring (bicyclic) bond motifs is 1. The van der Waals surface area contributed by atoms with Crippen LogP contribution in [0, 0.1) is 5.82 Å². The SMILES string of the molecule is C=C1Oc2ccc(-c3cnc(OCC(F)(F)F)c(F)c3)cc2N1CC. The monoisotopic (exact) mass is 354 g/mol. The normalized spacial score (nSPS) is 13.6. The van der Waals surface area contributed by atoms with E-state index in [1.165, 1.54) is 6.20 Å². The molecule has 0 saturated carbocycles. The maximum Gasteiger partial charge on any atom is 0.422 e. The molecule has 0 atom stereocenters. The Morgan fingerprint density at radius 1 is 1.24 bits per heavy atom. The predicted molar refractivity (Wildman–Crippen MR) is 84.0 cm³/mol. The highest BCUT2D eigenvalue weighted by atomic mass is 19.4. The van der Waals surface area contributed by atoms with Crippen molar-refractivity contribution in [3.63, 3.8) is 0 Å². The Kier molecular flexibility index (Phi) is 4.28. The second kappa shape index (κ2) is 6.27. The van der Waals surface area contributed by atoms with Gasteiger partial charge in [-0.25, -0.2) is 9.37 Å². The van der Waals surface area contributed by atoms with E-state index in [-0.39, 0.29) is 0 Å². The zero-order chi connectivity index (χ0) is 18.2. The summed E-state index contributed by atoms with van der Waals surface area (Å²) in [4.78, 5) is 5.50. The molecule has 4 nitrogen and oxygen atoms in total. The minimum atomic E-state index is -4.56. The van der Waals surface area contributed by atoms with Crippen LogP contribution >= 0.6 is 0 Å². The summed E-state index contributed by atoms with van der Waals surface area (Å²) in [5, 5.41) is 0. The second-order valence-corrected chi connectivity index (χ2v) is 5.34. The number of hydrogen-bond donors (Lipinski definition) is 0. The summed E-state index contributed by atoms with van der Waals surface area (Å²) in [6.45, 7) is 4.80. The average Bonchev–Trinajstić information content (AvgIpc) is 2.86. The molecular formula is C17H14F4N2O2. The van der Waals surface area contributed by atoms with Crippen LogP contribution in [0.15, 0.2) is 42.9 Å². The third kappa shape index (κ3) is 3.52. The van der Waals surface area contributed by atoms with Crippen LogP contribution in [0.4, 0.5) is 23.2 Å². The molecule has 1 aromatic heterocycles. The Morgan fingerprint density at radius 2 is 2.00 bits per heavy atom. The van der Waals surface area contributed by atoms with Gasteiger partial charge in [-0.3, -0.25) is 0 Å². The molecule has 132 valence electrons. The Hall–Kier alpha value is -2.77. The smallest absolute Gasteiger partial charge is 0.422 e. The van der Waals surface area contributed by atoms with Crippen molar-refractivity contribution < 1.29 is 27.0 Å².